The van der Waals surface area contributed by atoms with Crippen LogP contribution in [0.1, 0.15) is 13.3 Å². The second-order valence-corrected chi connectivity index (χ2v) is 4.08. The average molecular weight is 211 g/mol. The quantitative estimate of drug-likeness (QED) is 0.661. The molecule has 0 bridgehead atoms. The Balaban J connectivity index is 2.61. The first kappa shape index (κ1) is 10.7. The van der Waals surface area contributed by atoms with Crippen molar-refractivity contribution in [1.82, 2.24) is 0 Å². The van der Waals surface area contributed by atoms with Gasteiger partial charge < -0.3 is 5.73 Å². The first-order valence-electron chi connectivity index (χ1n) is 5.19. The summed E-state index contributed by atoms with van der Waals surface area (Å²) in [5, 5.41) is 0. The molecule has 0 amide bonds. The minimum atomic E-state index is 0.616. The zero-order chi connectivity index (χ0) is 10.8. The summed E-state index contributed by atoms with van der Waals surface area (Å²) in [4.78, 5) is 2.10. The predicted molar refractivity (Wildman–Crippen MR) is 65.5 cm³/mol. The van der Waals surface area contributed by atoms with E-state index in [-0.39, 0.29) is 0 Å². The Bertz CT molecular complexity index is 433. The van der Waals surface area contributed by atoms with Crippen LogP contribution in [0.2, 0.25) is 0 Å². The van der Waals surface area contributed by atoms with E-state index in [2.05, 4.69) is 52.5 Å². The van der Waals surface area contributed by atoms with E-state index in [9.17, 15) is 0 Å². The molecule has 0 aromatic heterocycles. The molecule has 0 aliphatic heterocycles. The summed E-state index contributed by atoms with van der Waals surface area (Å²) in [6.07, 6.45) is 9.74. The second kappa shape index (κ2) is 4.37. The molecular formula is C13H14AlN. The molecule has 2 radical (unpaired) electrons. The molecule has 1 nitrogen and oxygen atoms in total. The van der Waals surface area contributed by atoms with Gasteiger partial charge in [0.25, 0.3) is 0 Å². The van der Waals surface area contributed by atoms with Gasteiger partial charge in [0, 0.05) is 6.54 Å². The molecule has 0 atom stereocenters. The predicted octanol–water partition coefficient (Wildman–Crippen LogP) is 2.14. The van der Waals surface area contributed by atoms with Crippen LogP contribution >= 0.6 is 0 Å². The van der Waals surface area contributed by atoms with Crippen LogP contribution in [0.3, 0.4) is 0 Å². The third kappa shape index (κ3) is 1.70. The highest BCUT2D eigenvalue weighted by Gasteiger charge is 2.24. The molecule has 0 spiro atoms. The molecule has 0 saturated heterocycles. The van der Waals surface area contributed by atoms with Gasteiger partial charge >= 0.3 is 0 Å². The lowest BCUT2D eigenvalue weighted by molar-refractivity contribution is 1.15. The lowest BCUT2D eigenvalue weighted by Gasteiger charge is -2.04. The standard InChI is InChI=1S/C13H14N.Al/c1-9-10(2)13(8-14)12-7-5-3-4-6-11(9)12;/h1,3,5-7H,4,8,14H2,2H3;. The Labute approximate surface area is 99.2 Å². The Kier molecular flexibility index (Phi) is 3.12. The first-order chi connectivity index (χ1) is 7.29. The Hall–Kier alpha value is -0.808. The lowest BCUT2D eigenvalue weighted by atomic mass is 10.0. The number of hydrogen-bond donors (Lipinski definition) is 1. The monoisotopic (exact) mass is 211 g/mol. The number of fused-ring (bicyclic) bond motifs is 1. The fourth-order valence-electron chi connectivity index (χ4n) is 2.19. The summed E-state index contributed by atoms with van der Waals surface area (Å²) in [5.74, 6) is 0. The summed E-state index contributed by atoms with van der Waals surface area (Å²) < 4.78 is 0. The van der Waals surface area contributed by atoms with Crippen molar-refractivity contribution in [2.45, 2.75) is 13.3 Å². The maximum atomic E-state index is 5.82. The van der Waals surface area contributed by atoms with Crippen molar-refractivity contribution in [3.05, 3.63) is 57.1 Å². The summed E-state index contributed by atoms with van der Waals surface area (Å²) >= 11 is 2.69. The van der Waals surface area contributed by atoms with Gasteiger partial charge in [0.05, 0.1) is 0 Å². The van der Waals surface area contributed by atoms with Crippen molar-refractivity contribution >= 4 is 16.3 Å². The summed E-state index contributed by atoms with van der Waals surface area (Å²) in [5.41, 5.74) is 12.4. The van der Waals surface area contributed by atoms with Crippen LogP contribution in [-0.4, -0.2) is 22.8 Å². The van der Waals surface area contributed by atoms with E-state index >= 15 is 0 Å². The molecule has 2 N–H and O–H groups in total. The zero-order valence-electron chi connectivity index (χ0n) is 8.96. The maximum Gasteiger partial charge on any atom is 0.163 e. The van der Waals surface area contributed by atoms with E-state index in [1.165, 1.54) is 27.9 Å². The van der Waals surface area contributed by atoms with Gasteiger partial charge in [-0.25, -0.2) is 0 Å². The van der Waals surface area contributed by atoms with Gasteiger partial charge in [0.2, 0.25) is 0 Å². The van der Waals surface area contributed by atoms with Crippen molar-refractivity contribution in [2.24, 2.45) is 5.73 Å². The minimum absolute atomic E-state index is 0.616. The molecule has 2 aliphatic rings. The summed E-state index contributed by atoms with van der Waals surface area (Å²) in [6, 6.07) is 0. The van der Waals surface area contributed by atoms with Crippen molar-refractivity contribution in [1.29, 1.82) is 0 Å². The van der Waals surface area contributed by atoms with Crippen molar-refractivity contribution in [2.75, 3.05) is 6.54 Å². The van der Waals surface area contributed by atoms with Gasteiger partial charge in [-0.15, -0.1) is 0 Å². The van der Waals surface area contributed by atoms with E-state index < -0.39 is 0 Å². The van der Waals surface area contributed by atoms with E-state index in [0.29, 0.717) is 6.54 Å². The maximum absolute atomic E-state index is 5.82. The minimum Gasteiger partial charge on any atom is -0.326 e. The highest BCUT2D eigenvalue weighted by molar-refractivity contribution is 6.18. The van der Waals surface area contributed by atoms with Gasteiger partial charge in [-0.3, -0.25) is 0 Å². The normalized spacial score (nSPS) is 22.7. The van der Waals surface area contributed by atoms with E-state index in [1.54, 1.807) is 0 Å². The molecule has 2 heteroatoms. The second-order valence-electron chi connectivity index (χ2n) is 3.75. The third-order valence-electron chi connectivity index (χ3n) is 2.99. The molecular weight excluding hydrogens is 197 g/mol. The van der Waals surface area contributed by atoms with Gasteiger partial charge in [-0.1, -0.05) is 24.3 Å². The molecule has 2 aliphatic carbocycles. The molecule has 0 unspecified atom stereocenters. The van der Waals surface area contributed by atoms with Crippen LogP contribution in [0.15, 0.2) is 57.1 Å². The molecule has 0 fully saturated rings. The van der Waals surface area contributed by atoms with Crippen LogP contribution in [0, 0.1) is 0 Å². The van der Waals surface area contributed by atoms with Gasteiger partial charge in [-0.2, -0.15) is 4.94 Å². The molecule has 0 saturated carbocycles. The zero-order valence-corrected chi connectivity index (χ0v) is 10.1. The van der Waals surface area contributed by atoms with E-state index in [0.717, 1.165) is 6.42 Å². The van der Waals surface area contributed by atoms with Crippen LogP contribution < -0.4 is 5.73 Å². The fourth-order valence-corrected chi connectivity index (χ4v) is 2.62. The SMILES string of the molecule is CC1=C(CN)C2=CC=CCC=C2/C1=[CH]\[Al]. The third-order valence-corrected chi connectivity index (χ3v) is 3.32. The first-order valence-corrected chi connectivity index (χ1v) is 5.86. The topological polar surface area (TPSA) is 26.0 Å². The molecule has 15 heavy (non-hydrogen) atoms. The van der Waals surface area contributed by atoms with Crippen LogP contribution in [-0.2, 0) is 0 Å². The van der Waals surface area contributed by atoms with Gasteiger partial charge in [0.1, 0.15) is 0 Å². The summed E-state index contributed by atoms with van der Waals surface area (Å²) in [7, 11) is 0. The summed E-state index contributed by atoms with van der Waals surface area (Å²) in [6.45, 7) is 2.77. The van der Waals surface area contributed by atoms with Crippen molar-refractivity contribution < 1.29 is 0 Å². The van der Waals surface area contributed by atoms with Crippen LogP contribution in [0.4, 0.5) is 0 Å². The fraction of sp³-hybridized carbons (Fsp3) is 0.231. The molecule has 2 rings (SSSR count). The number of rotatable bonds is 1. The Morgan fingerprint density at radius 1 is 1.47 bits per heavy atom. The molecule has 0 aromatic carbocycles. The highest BCUT2D eigenvalue weighted by atomic mass is 27.0. The van der Waals surface area contributed by atoms with E-state index in [1.807, 2.05) is 0 Å². The van der Waals surface area contributed by atoms with Gasteiger partial charge in [-0.05, 0) is 41.2 Å². The molecule has 74 valence electrons. The molecule has 0 aromatic rings. The highest BCUT2D eigenvalue weighted by Crippen LogP contribution is 2.40. The van der Waals surface area contributed by atoms with Gasteiger partial charge in [0.15, 0.2) is 16.3 Å². The van der Waals surface area contributed by atoms with Crippen LogP contribution in [0.25, 0.3) is 0 Å². The van der Waals surface area contributed by atoms with Crippen LogP contribution in [0.5, 0.6) is 0 Å². The number of hydrogen-bond acceptors (Lipinski definition) is 1. The van der Waals surface area contributed by atoms with Crippen molar-refractivity contribution in [3.63, 3.8) is 0 Å². The average Bonchev–Trinajstić information content (AvgIpc) is 2.43. The lowest BCUT2D eigenvalue weighted by Crippen LogP contribution is -2.04. The number of allylic oxidation sites excluding steroid dienone is 7. The Morgan fingerprint density at radius 3 is 2.93 bits per heavy atom. The van der Waals surface area contributed by atoms with Crippen molar-refractivity contribution in [3.8, 4) is 0 Å². The number of nitrogens with two attached hydrogens (primary N) is 1. The smallest absolute Gasteiger partial charge is 0.163 e. The largest absolute Gasteiger partial charge is 0.326 e. The molecule has 0 heterocycles. The Morgan fingerprint density at radius 2 is 2.27 bits per heavy atom. The van der Waals surface area contributed by atoms with E-state index in [4.69, 9.17) is 5.73 Å².